The summed E-state index contributed by atoms with van der Waals surface area (Å²) in [6, 6.07) is 19.5. The van der Waals surface area contributed by atoms with Crippen LogP contribution in [0.1, 0.15) is 11.1 Å². The van der Waals surface area contributed by atoms with Crippen LogP contribution in [0.25, 0.3) is 52.8 Å². The highest BCUT2D eigenvalue weighted by atomic mass is 32.2. The number of benzene rings is 3. The van der Waals surface area contributed by atoms with Gasteiger partial charge in [0.25, 0.3) is 0 Å². The molecule has 6 nitrogen and oxygen atoms in total. The molecule has 0 radical (unpaired) electrons. The van der Waals surface area contributed by atoms with E-state index < -0.39 is 11.0 Å². The highest BCUT2D eigenvalue weighted by molar-refractivity contribution is 8.00. The second-order valence-electron chi connectivity index (χ2n) is 9.74. The minimum atomic E-state index is -4.56. The summed E-state index contributed by atoms with van der Waals surface area (Å²) in [6.07, 6.45) is 0. The van der Waals surface area contributed by atoms with Crippen molar-refractivity contribution >= 4 is 91.7 Å². The molecule has 0 unspecified atom stereocenters. The fourth-order valence-electron chi connectivity index (χ4n) is 4.93. The van der Waals surface area contributed by atoms with E-state index in [1.807, 2.05) is 24.3 Å². The van der Waals surface area contributed by atoms with Crippen molar-refractivity contribution in [2.75, 3.05) is 0 Å². The van der Waals surface area contributed by atoms with Gasteiger partial charge >= 0.3 is 11.0 Å². The summed E-state index contributed by atoms with van der Waals surface area (Å²) in [7, 11) is 0. The van der Waals surface area contributed by atoms with Gasteiger partial charge in [0.2, 0.25) is 0 Å². The van der Waals surface area contributed by atoms with Crippen molar-refractivity contribution in [3.05, 3.63) is 71.8 Å². The molecule has 3 aromatic carbocycles. The van der Waals surface area contributed by atoms with E-state index in [1.54, 1.807) is 24.3 Å². The van der Waals surface area contributed by atoms with E-state index >= 15 is 0 Å². The van der Waals surface area contributed by atoms with Crippen molar-refractivity contribution in [2.24, 2.45) is 8.73 Å². The molecule has 1 aliphatic rings. The lowest BCUT2D eigenvalue weighted by Gasteiger charge is -2.10. The number of rotatable bonds is 6. The summed E-state index contributed by atoms with van der Waals surface area (Å²) in [6.45, 7) is 0. The van der Waals surface area contributed by atoms with Crippen LogP contribution in [-0.2, 0) is 11.4 Å². The van der Waals surface area contributed by atoms with Gasteiger partial charge < -0.3 is 0 Å². The van der Waals surface area contributed by atoms with E-state index in [-0.39, 0.29) is 44.4 Å². The Balaban J connectivity index is 1.29. The molecular weight excluding hydrogens is 751 g/mol. The lowest BCUT2D eigenvalue weighted by Crippen LogP contribution is -2.00. The second-order valence-corrected chi connectivity index (χ2v) is 15.2. The number of thiophene rings is 2. The van der Waals surface area contributed by atoms with Gasteiger partial charge in [-0.05, 0) is 83.2 Å². The first-order valence-electron chi connectivity index (χ1n) is 13.1. The molecule has 0 N–H and O–H groups in total. The van der Waals surface area contributed by atoms with Crippen LogP contribution in [0.2, 0.25) is 0 Å². The van der Waals surface area contributed by atoms with E-state index in [9.17, 15) is 36.9 Å². The van der Waals surface area contributed by atoms with Crippen LogP contribution in [0.5, 0.6) is 0 Å². The summed E-state index contributed by atoms with van der Waals surface area (Å²) < 4.78 is 97.4. The zero-order valence-corrected chi connectivity index (χ0v) is 28.1. The molecule has 18 heteroatoms. The maximum absolute atomic E-state index is 13.2. The topological polar surface area (TPSA) is 98.1 Å². The molecule has 238 valence electrons. The Morgan fingerprint density at radius 1 is 0.583 bits per heavy atom. The first kappa shape index (κ1) is 32.5. The van der Waals surface area contributed by atoms with Gasteiger partial charge in [-0.15, -0.1) is 22.7 Å². The van der Waals surface area contributed by atoms with Gasteiger partial charge in [0.05, 0.1) is 34.2 Å². The third-order valence-electron chi connectivity index (χ3n) is 6.85. The zero-order valence-electron chi connectivity index (χ0n) is 23.2. The number of aromatic nitrogens is 2. The number of hydrogen-bond donors (Lipinski definition) is 0. The molecule has 0 atom stereocenters. The Bertz CT molecular complexity index is 2260. The molecular formula is C30H10F6N6S6. The van der Waals surface area contributed by atoms with Crippen LogP contribution in [0.3, 0.4) is 0 Å². The van der Waals surface area contributed by atoms with E-state index in [0.717, 1.165) is 32.8 Å². The van der Waals surface area contributed by atoms with Crippen LogP contribution in [0, 0.1) is 22.7 Å². The Morgan fingerprint density at radius 3 is 1.40 bits per heavy atom. The average Bonchev–Trinajstić information content (AvgIpc) is 3.85. The van der Waals surface area contributed by atoms with Crippen LogP contribution in [-0.4, -0.2) is 19.8 Å². The predicted molar refractivity (Wildman–Crippen MR) is 180 cm³/mol. The lowest BCUT2D eigenvalue weighted by molar-refractivity contribution is -0.0337. The second kappa shape index (κ2) is 12.4. The molecule has 0 saturated heterocycles. The number of nitriles is 2. The number of thioether (sulfide) groups is 2. The molecule has 0 spiro atoms. The Morgan fingerprint density at radius 2 is 1.00 bits per heavy atom. The molecule has 7 rings (SSSR count). The Hall–Kier alpha value is -4.04. The quantitative estimate of drug-likeness (QED) is 0.124. The maximum Gasteiger partial charge on any atom is 0.446 e. The number of alkyl halides is 6. The summed E-state index contributed by atoms with van der Waals surface area (Å²) in [5, 5.41) is 18.6. The number of fused-ring (bicyclic) bond motifs is 2. The zero-order chi connectivity index (χ0) is 33.8. The number of halogens is 6. The molecule has 0 amide bonds. The Labute approximate surface area is 290 Å². The molecule has 3 aromatic heterocycles. The highest BCUT2D eigenvalue weighted by Gasteiger charge is 2.32. The largest absolute Gasteiger partial charge is 0.446 e. The van der Waals surface area contributed by atoms with Crippen molar-refractivity contribution < 1.29 is 26.3 Å². The summed E-state index contributed by atoms with van der Waals surface area (Å²) >= 11 is 3.96. The fraction of sp³-hybridized carbons (Fsp3) is 0.0667. The minimum absolute atomic E-state index is 0.0736. The summed E-state index contributed by atoms with van der Waals surface area (Å²) in [5.74, 6) is 0. The molecule has 1 aliphatic heterocycles. The molecule has 0 aliphatic carbocycles. The SMILES string of the molecule is N#Cc1ccc(-c2ccc(-c3c4c(c(-c5ccc(-c6ccc(C#N)c(SC(F)(F)F)c6)s5)c5nsnc35)N=S=N4)s2)cc1SC(F)(F)F. The van der Waals surface area contributed by atoms with Crippen molar-refractivity contribution in [3.63, 3.8) is 0 Å². The number of nitrogens with zero attached hydrogens (tertiary/aromatic N) is 6. The van der Waals surface area contributed by atoms with Crippen LogP contribution >= 0.6 is 57.9 Å². The summed E-state index contributed by atoms with van der Waals surface area (Å²) in [4.78, 5) is 2.43. The van der Waals surface area contributed by atoms with Crippen LogP contribution in [0.15, 0.2) is 79.2 Å². The van der Waals surface area contributed by atoms with Crippen molar-refractivity contribution in [1.82, 2.24) is 8.75 Å². The predicted octanol–water partition coefficient (Wildman–Crippen LogP) is 12.2. The normalized spacial score (nSPS) is 12.6. The van der Waals surface area contributed by atoms with E-state index in [1.165, 1.54) is 46.9 Å². The lowest BCUT2D eigenvalue weighted by atomic mass is 10.0. The van der Waals surface area contributed by atoms with Crippen molar-refractivity contribution in [1.29, 1.82) is 10.5 Å². The van der Waals surface area contributed by atoms with E-state index in [0.29, 0.717) is 54.4 Å². The van der Waals surface area contributed by atoms with Gasteiger partial charge in [0.15, 0.2) is 0 Å². The minimum Gasteiger partial charge on any atom is -0.192 e. The highest BCUT2D eigenvalue weighted by Crippen LogP contribution is 2.55. The van der Waals surface area contributed by atoms with Crippen molar-refractivity contribution in [3.8, 4) is 53.9 Å². The van der Waals surface area contributed by atoms with Gasteiger partial charge in [-0.3, -0.25) is 0 Å². The molecule has 0 saturated carbocycles. The van der Waals surface area contributed by atoms with Crippen molar-refractivity contribution in [2.45, 2.75) is 20.8 Å². The number of hydrogen-bond acceptors (Lipinski definition) is 11. The van der Waals surface area contributed by atoms with Gasteiger partial charge in [0, 0.05) is 40.4 Å². The van der Waals surface area contributed by atoms with Gasteiger partial charge in [-0.2, -0.15) is 54.3 Å². The Kier molecular flexibility index (Phi) is 8.43. The molecule has 0 fully saturated rings. The smallest absolute Gasteiger partial charge is 0.192 e. The van der Waals surface area contributed by atoms with Gasteiger partial charge in [-0.1, -0.05) is 12.1 Å². The molecule has 4 heterocycles. The standard InChI is InChI=1S/C30H10F6N6S6/c31-29(32,33)45-21-9-13(1-3-15(21)11-37)17-5-7-19(43-17)23-25-27(41-47-39-25)24(28-26(23)40-48-42-28)20-8-6-18(44-20)14-2-4-16(12-38)22(10-14)46-30(34,35)36/h1-10H. The van der Waals surface area contributed by atoms with Crippen LogP contribution < -0.4 is 0 Å². The van der Waals surface area contributed by atoms with E-state index in [4.69, 9.17) is 0 Å². The third-order valence-corrected chi connectivity index (χ3v) is 11.8. The average molecular weight is 761 g/mol. The first-order valence-corrected chi connectivity index (χ1v) is 17.9. The van der Waals surface area contributed by atoms with E-state index in [2.05, 4.69) is 17.5 Å². The maximum atomic E-state index is 13.2. The molecule has 6 aromatic rings. The van der Waals surface area contributed by atoms with Gasteiger partial charge in [0.1, 0.15) is 34.5 Å². The third kappa shape index (κ3) is 6.27. The molecule has 48 heavy (non-hydrogen) atoms. The fourth-order valence-corrected chi connectivity index (χ4v) is 9.47. The van der Waals surface area contributed by atoms with Crippen LogP contribution in [0.4, 0.5) is 37.7 Å². The monoisotopic (exact) mass is 760 g/mol. The molecule has 0 bridgehead atoms. The first-order chi connectivity index (χ1) is 22.9. The van der Waals surface area contributed by atoms with Gasteiger partial charge in [-0.25, -0.2) is 0 Å². The summed E-state index contributed by atoms with van der Waals surface area (Å²) in [5.41, 5.74) is -4.70.